The van der Waals surface area contributed by atoms with Gasteiger partial charge in [-0.2, -0.15) is 0 Å². The smallest absolute Gasteiger partial charge is 0.305 e. The lowest BCUT2D eigenvalue weighted by Crippen LogP contribution is -2.02. The Kier molecular flexibility index (Phi) is 11.4. The summed E-state index contributed by atoms with van der Waals surface area (Å²) in [5, 5.41) is 10.2. The second-order valence-corrected chi connectivity index (χ2v) is 6.95. The predicted octanol–water partition coefficient (Wildman–Crippen LogP) is 4.52. The summed E-state index contributed by atoms with van der Waals surface area (Å²) in [5.74, 6) is 0.807. The average Bonchev–Trinajstić information content (AvgIpc) is 2.93. The zero-order valence-corrected chi connectivity index (χ0v) is 17.4. The van der Waals surface area contributed by atoms with E-state index in [0.717, 1.165) is 24.4 Å². The lowest BCUT2D eigenvalue weighted by molar-refractivity contribution is -0.140. The van der Waals surface area contributed by atoms with Crippen LogP contribution < -0.4 is 0 Å². The fourth-order valence-electron chi connectivity index (χ4n) is 2.93. The van der Waals surface area contributed by atoms with Crippen molar-refractivity contribution >= 4 is 12.0 Å². The number of methoxy groups -OCH3 is 1. The van der Waals surface area contributed by atoms with Crippen molar-refractivity contribution in [1.29, 1.82) is 0 Å². The Morgan fingerprint density at radius 3 is 2.70 bits per heavy atom. The molecule has 5 nitrogen and oxygen atoms in total. The van der Waals surface area contributed by atoms with Crippen molar-refractivity contribution in [3.05, 3.63) is 35.4 Å². The normalized spacial score (nSPS) is 12.9. The minimum atomic E-state index is -0.495. The highest BCUT2D eigenvalue weighted by atomic mass is 16.5. The molecule has 0 spiro atoms. The number of nitrogens with zero attached hydrogens (tertiary/aromatic N) is 2. The van der Waals surface area contributed by atoms with E-state index in [1.165, 1.54) is 38.5 Å². The Hall–Kier alpha value is -1.88. The van der Waals surface area contributed by atoms with Crippen molar-refractivity contribution < 1.29 is 14.6 Å². The standard InChI is InChI=1S/C22H36N2O3/c1-5-6-7-11-14-21-20(23-18(2)24(21)3)17-16-19(25)13-10-8-9-12-15-22(26)27-4/h8-9,16-17,19,25H,5-7,10-15H2,1-4H3/b9-8-,17-16+/t19-/m0/s1. The van der Waals surface area contributed by atoms with Crippen LogP contribution in [0.1, 0.15) is 75.5 Å². The van der Waals surface area contributed by atoms with Gasteiger partial charge >= 0.3 is 5.97 Å². The highest BCUT2D eigenvalue weighted by Crippen LogP contribution is 2.16. The van der Waals surface area contributed by atoms with Crippen molar-refractivity contribution in [3.8, 4) is 0 Å². The number of aliphatic hydroxyl groups is 1. The summed E-state index contributed by atoms with van der Waals surface area (Å²) >= 11 is 0. The number of carbonyl (C=O) groups is 1. The van der Waals surface area contributed by atoms with E-state index >= 15 is 0 Å². The van der Waals surface area contributed by atoms with Crippen molar-refractivity contribution in [1.82, 2.24) is 9.55 Å². The summed E-state index contributed by atoms with van der Waals surface area (Å²) in [6.07, 6.45) is 15.7. The van der Waals surface area contributed by atoms with Crippen molar-refractivity contribution in [2.45, 2.75) is 77.7 Å². The van der Waals surface area contributed by atoms with Crippen LogP contribution in [0.5, 0.6) is 0 Å². The molecular formula is C22H36N2O3. The molecule has 0 aliphatic carbocycles. The lowest BCUT2D eigenvalue weighted by atomic mass is 10.1. The van der Waals surface area contributed by atoms with Crippen LogP contribution in [0.15, 0.2) is 18.2 Å². The number of allylic oxidation sites excluding steroid dienone is 2. The topological polar surface area (TPSA) is 64.3 Å². The minimum Gasteiger partial charge on any atom is -0.469 e. The van der Waals surface area contributed by atoms with Gasteiger partial charge in [0, 0.05) is 19.2 Å². The number of ether oxygens (including phenoxy) is 1. The maximum absolute atomic E-state index is 11.0. The average molecular weight is 377 g/mol. The summed E-state index contributed by atoms with van der Waals surface area (Å²) in [6, 6.07) is 0. The molecule has 1 aromatic heterocycles. The van der Waals surface area contributed by atoms with Gasteiger partial charge in [-0.3, -0.25) is 4.79 Å². The lowest BCUT2D eigenvalue weighted by Gasteiger charge is -2.06. The van der Waals surface area contributed by atoms with E-state index in [9.17, 15) is 9.90 Å². The van der Waals surface area contributed by atoms with Gasteiger partial charge in [0.05, 0.1) is 18.9 Å². The van der Waals surface area contributed by atoms with E-state index in [4.69, 9.17) is 0 Å². The van der Waals surface area contributed by atoms with Crippen LogP contribution in [0.2, 0.25) is 0 Å². The Bertz CT molecular complexity index is 617. The molecule has 1 atom stereocenters. The second-order valence-electron chi connectivity index (χ2n) is 6.95. The Labute approximate surface area is 164 Å². The van der Waals surface area contributed by atoms with Gasteiger partial charge in [0.15, 0.2) is 0 Å². The number of hydrogen-bond acceptors (Lipinski definition) is 4. The molecule has 0 unspecified atom stereocenters. The number of unbranched alkanes of at least 4 members (excludes halogenated alkanes) is 3. The molecule has 0 bridgehead atoms. The zero-order chi connectivity index (χ0) is 20.1. The number of esters is 1. The highest BCUT2D eigenvalue weighted by Gasteiger charge is 2.10. The minimum absolute atomic E-state index is 0.196. The van der Waals surface area contributed by atoms with Gasteiger partial charge in [0.25, 0.3) is 0 Å². The van der Waals surface area contributed by atoms with Crippen LogP contribution in [-0.4, -0.2) is 33.8 Å². The number of carbonyl (C=O) groups excluding carboxylic acids is 1. The monoisotopic (exact) mass is 376 g/mol. The van der Waals surface area contributed by atoms with Gasteiger partial charge in [0.1, 0.15) is 5.82 Å². The van der Waals surface area contributed by atoms with E-state index in [1.807, 2.05) is 31.2 Å². The molecule has 5 heteroatoms. The van der Waals surface area contributed by atoms with Crippen LogP contribution in [0, 0.1) is 6.92 Å². The first-order valence-corrected chi connectivity index (χ1v) is 10.1. The zero-order valence-electron chi connectivity index (χ0n) is 17.4. The molecule has 0 aliphatic heterocycles. The molecule has 0 saturated carbocycles. The Balaban J connectivity index is 2.47. The molecule has 1 aromatic rings. The summed E-state index contributed by atoms with van der Waals surface area (Å²) < 4.78 is 6.75. The number of imidazole rings is 1. The fraction of sp³-hybridized carbons (Fsp3) is 0.636. The predicted molar refractivity (Wildman–Crippen MR) is 110 cm³/mol. The molecule has 0 amide bonds. The molecular weight excluding hydrogens is 340 g/mol. The quantitative estimate of drug-likeness (QED) is 0.312. The van der Waals surface area contributed by atoms with Gasteiger partial charge in [-0.25, -0.2) is 4.98 Å². The molecule has 0 aliphatic rings. The van der Waals surface area contributed by atoms with Gasteiger partial charge in [0.2, 0.25) is 0 Å². The van der Waals surface area contributed by atoms with E-state index in [0.29, 0.717) is 19.3 Å². The van der Waals surface area contributed by atoms with Gasteiger partial charge in [-0.05, 0) is 45.1 Å². The van der Waals surface area contributed by atoms with Crippen LogP contribution in [0.3, 0.4) is 0 Å². The fourth-order valence-corrected chi connectivity index (χ4v) is 2.93. The second kappa shape index (κ2) is 13.3. The Morgan fingerprint density at radius 1 is 1.26 bits per heavy atom. The molecule has 0 fully saturated rings. The first-order chi connectivity index (χ1) is 13.0. The molecule has 0 saturated heterocycles. The molecule has 0 aromatic carbocycles. The van der Waals surface area contributed by atoms with Gasteiger partial charge in [-0.1, -0.05) is 44.4 Å². The SMILES string of the molecule is CCCCCCc1c(/C=C/[C@@H](O)CC/C=C\CCC(=O)OC)nc(C)n1C. The van der Waals surface area contributed by atoms with Gasteiger partial charge < -0.3 is 14.4 Å². The number of aryl methyl sites for hydroxylation is 1. The van der Waals surface area contributed by atoms with E-state index in [2.05, 4.69) is 28.3 Å². The number of hydrogen-bond donors (Lipinski definition) is 1. The van der Waals surface area contributed by atoms with E-state index in [-0.39, 0.29) is 5.97 Å². The number of rotatable bonds is 13. The Morgan fingerprint density at radius 2 is 2.00 bits per heavy atom. The summed E-state index contributed by atoms with van der Waals surface area (Å²) in [7, 11) is 3.46. The molecule has 1 N–H and O–H groups in total. The molecule has 27 heavy (non-hydrogen) atoms. The van der Waals surface area contributed by atoms with Crippen molar-refractivity contribution in [3.63, 3.8) is 0 Å². The molecule has 152 valence electrons. The van der Waals surface area contributed by atoms with Crippen molar-refractivity contribution in [2.75, 3.05) is 7.11 Å². The summed E-state index contributed by atoms with van der Waals surface area (Å²) in [5.41, 5.74) is 2.22. The van der Waals surface area contributed by atoms with E-state index < -0.39 is 6.10 Å². The van der Waals surface area contributed by atoms with Crippen LogP contribution >= 0.6 is 0 Å². The molecule has 1 heterocycles. The largest absolute Gasteiger partial charge is 0.469 e. The molecule has 0 radical (unpaired) electrons. The third-order valence-corrected chi connectivity index (χ3v) is 4.75. The van der Waals surface area contributed by atoms with Crippen LogP contribution in [0.25, 0.3) is 6.08 Å². The highest BCUT2D eigenvalue weighted by molar-refractivity contribution is 5.69. The summed E-state index contributed by atoms with van der Waals surface area (Å²) in [4.78, 5) is 15.6. The third-order valence-electron chi connectivity index (χ3n) is 4.75. The van der Waals surface area contributed by atoms with Crippen LogP contribution in [0.4, 0.5) is 0 Å². The summed E-state index contributed by atoms with van der Waals surface area (Å²) in [6.45, 7) is 4.24. The van der Waals surface area contributed by atoms with Crippen LogP contribution in [-0.2, 0) is 23.0 Å². The number of aliphatic hydroxyl groups excluding tert-OH is 1. The third kappa shape index (κ3) is 9.05. The maximum Gasteiger partial charge on any atom is 0.305 e. The van der Waals surface area contributed by atoms with Gasteiger partial charge in [-0.15, -0.1) is 0 Å². The maximum atomic E-state index is 11.0. The van der Waals surface area contributed by atoms with E-state index in [1.54, 1.807) is 0 Å². The first kappa shape index (κ1) is 23.2. The molecule has 1 rings (SSSR count). The van der Waals surface area contributed by atoms with Crippen molar-refractivity contribution in [2.24, 2.45) is 7.05 Å². The number of aromatic nitrogens is 2. The first-order valence-electron chi connectivity index (χ1n) is 10.1.